The first-order chi connectivity index (χ1) is 15.7. The van der Waals surface area contributed by atoms with Gasteiger partial charge in [-0.1, -0.05) is 23.7 Å². The van der Waals surface area contributed by atoms with Crippen LogP contribution in [0, 0.1) is 12.7 Å². The van der Waals surface area contributed by atoms with E-state index >= 15 is 0 Å². The highest BCUT2D eigenvalue weighted by Crippen LogP contribution is 2.44. The fourth-order valence-corrected chi connectivity index (χ4v) is 6.05. The highest BCUT2D eigenvalue weighted by molar-refractivity contribution is 7.95. The summed E-state index contributed by atoms with van der Waals surface area (Å²) in [6, 6.07) is 10.8. The Kier molecular flexibility index (Phi) is 4.88. The van der Waals surface area contributed by atoms with Gasteiger partial charge in [-0.3, -0.25) is 9.78 Å². The maximum absolute atomic E-state index is 14.2. The zero-order valence-corrected chi connectivity index (χ0v) is 18.8. The number of pyridine rings is 1. The normalized spacial score (nSPS) is 14.3. The summed E-state index contributed by atoms with van der Waals surface area (Å²) >= 11 is 6.24. The molecule has 0 spiro atoms. The molecule has 33 heavy (non-hydrogen) atoms. The van der Waals surface area contributed by atoms with Crippen LogP contribution in [0.1, 0.15) is 16.8 Å². The predicted molar refractivity (Wildman–Crippen MR) is 123 cm³/mol. The van der Waals surface area contributed by atoms with Crippen LogP contribution in [0.15, 0.2) is 65.2 Å². The van der Waals surface area contributed by atoms with Crippen molar-refractivity contribution in [3.05, 3.63) is 87.9 Å². The van der Waals surface area contributed by atoms with Gasteiger partial charge in [0, 0.05) is 56.7 Å². The molecule has 0 saturated heterocycles. The molecule has 0 aliphatic carbocycles. The molecule has 6 nitrogen and oxygen atoms in total. The van der Waals surface area contributed by atoms with E-state index in [2.05, 4.69) is 4.98 Å². The van der Waals surface area contributed by atoms with E-state index in [-0.39, 0.29) is 11.4 Å². The lowest BCUT2D eigenvalue weighted by Crippen LogP contribution is -2.10. The number of aliphatic carboxylic acids is 1. The second kappa shape index (κ2) is 7.54. The molecule has 0 unspecified atom stereocenters. The molecule has 5 rings (SSSR count). The number of hydrogen-bond donors (Lipinski definition) is 1. The van der Waals surface area contributed by atoms with Gasteiger partial charge in [0.15, 0.2) is 0 Å². The molecular weight excluding hydrogens is 467 g/mol. The number of carboxylic acid groups (broad SMARTS) is 1. The minimum absolute atomic E-state index is 0.109. The van der Waals surface area contributed by atoms with Gasteiger partial charge >= 0.3 is 5.97 Å². The van der Waals surface area contributed by atoms with Gasteiger partial charge in [0.1, 0.15) is 12.4 Å². The lowest BCUT2D eigenvalue weighted by Gasteiger charge is -2.10. The SMILES string of the molecule is Cc1c(C2=CS(=O)(=O)c3cc(-c4ccncc4Cl)ccc32)c2cc(F)ccc2n1CC(=O)O. The van der Waals surface area contributed by atoms with Crippen LogP contribution < -0.4 is 0 Å². The maximum Gasteiger partial charge on any atom is 0.323 e. The second-order valence-corrected chi connectivity index (χ2v) is 9.92. The van der Waals surface area contributed by atoms with Crippen LogP contribution in [0.3, 0.4) is 0 Å². The number of aromatic nitrogens is 2. The zero-order chi connectivity index (χ0) is 23.5. The van der Waals surface area contributed by atoms with Crippen LogP contribution in [0.4, 0.5) is 4.39 Å². The van der Waals surface area contributed by atoms with Gasteiger partial charge in [0.05, 0.1) is 9.92 Å². The molecule has 0 atom stereocenters. The van der Waals surface area contributed by atoms with E-state index < -0.39 is 21.6 Å². The van der Waals surface area contributed by atoms with E-state index in [4.69, 9.17) is 11.6 Å². The fourth-order valence-electron chi connectivity index (χ4n) is 4.37. The molecule has 2 aromatic heterocycles. The van der Waals surface area contributed by atoms with Crippen LogP contribution in [0.25, 0.3) is 27.6 Å². The van der Waals surface area contributed by atoms with E-state index in [1.165, 1.54) is 24.4 Å². The Morgan fingerprint density at radius 2 is 1.94 bits per heavy atom. The molecule has 0 fully saturated rings. The number of halogens is 2. The van der Waals surface area contributed by atoms with E-state index in [1.807, 2.05) is 0 Å². The molecule has 1 N–H and O–H groups in total. The number of carbonyl (C=O) groups is 1. The summed E-state index contributed by atoms with van der Waals surface area (Å²) in [5.41, 5.74) is 3.67. The Morgan fingerprint density at radius 1 is 1.15 bits per heavy atom. The van der Waals surface area contributed by atoms with Crippen molar-refractivity contribution in [2.24, 2.45) is 0 Å². The predicted octanol–water partition coefficient (Wildman–Crippen LogP) is 5.07. The van der Waals surface area contributed by atoms with Gasteiger partial charge < -0.3 is 9.67 Å². The van der Waals surface area contributed by atoms with Crippen molar-refractivity contribution in [3.8, 4) is 11.1 Å². The standard InChI is InChI=1S/C24H16ClFN2O4S/c1-13-24(18-9-15(26)3-5-21(18)28(13)11-23(29)30)19-12-33(31,32)22-8-14(2-4-17(19)22)16-6-7-27-10-20(16)25/h2-10,12H,11H2,1H3,(H,29,30). The van der Waals surface area contributed by atoms with E-state index in [9.17, 15) is 22.7 Å². The molecule has 1 aliphatic rings. The Labute approximate surface area is 193 Å². The molecule has 1 aliphatic heterocycles. The summed E-state index contributed by atoms with van der Waals surface area (Å²) in [5, 5.41) is 11.4. The summed E-state index contributed by atoms with van der Waals surface area (Å²) in [4.78, 5) is 15.5. The number of nitrogens with zero attached hydrogens (tertiary/aromatic N) is 2. The number of hydrogen-bond acceptors (Lipinski definition) is 4. The van der Waals surface area contributed by atoms with Crippen molar-refractivity contribution in [2.45, 2.75) is 18.4 Å². The summed E-state index contributed by atoms with van der Waals surface area (Å²) < 4.78 is 41.9. The Hall–Kier alpha value is -3.49. The molecule has 0 amide bonds. The molecule has 9 heteroatoms. The molecule has 0 radical (unpaired) electrons. The molecule has 4 aromatic rings. The van der Waals surface area contributed by atoms with Crippen molar-refractivity contribution in [3.63, 3.8) is 0 Å². The van der Waals surface area contributed by atoms with Gasteiger partial charge in [-0.15, -0.1) is 0 Å². The van der Waals surface area contributed by atoms with E-state index in [0.29, 0.717) is 49.4 Å². The first-order valence-electron chi connectivity index (χ1n) is 9.89. The van der Waals surface area contributed by atoms with Gasteiger partial charge in [-0.2, -0.15) is 0 Å². The highest BCUT2D eigenvalue weighted by Gasteiger charge is 2.31. The van der Waals surface area contributed by atoms with Crippen molar-refractivity contribution in [1.82, 2.24) is 9.55 Å². The third-order valence-corrected chi connectivity index (χ3v) is 7.58. The summed E-state index contributed by atoms with van der Waals surface area (Å²) in [7, 11) is -3.80. The number of rotatable bonds is 4. The number of carboxylic acids is 1. The minimum atomic E-state index is -3.80. The Bertz CT molecular complexity index is 1620. The monoisotopic (exact) mass is 482 g/mol. The molecule has 0 bridgehead atoms. The van der Waals surface area contributed by atoms with Crippen molar-refractivity contribution in [1.29, 1.82) is 0 Å². The van der Waals surface area contributed by atoms with Gasteiger partial charge in [-0.25, -0.2) is 12.8 Å². The summed E-state index contributed by atoms with van der Waals surface area (Å²) in [6.45, 7) is 1.37. The quantitative estimate of drug-likeness (QED) is 0.439. The molecule has 0 saturated carbocycles. The van der Waals surface area contributed by atoms with Gasteiger partial charge in [-0.05, 0) is 42.8 Å². The van der Waals surface area contributed by atoms with Crippen LogP contribution in [-0.2, 0) is 21.2 Å². The van der Waals surface area contributed by atoms with Crippen molar-refractivity contribution < 1.29 is 22.7 Å². The van der Waals surface area contributed by atoms with Gasteiger partial charge in [0.2, 0.25) is 9.84 Å². The van der Waals surface area contributed by atoms with E-state index in [1.54, 1.807) is 42.0 Å². The maximum atomic E-state index is 14.2. The first kappa shape index (κ1) is 21.4. The number of fused-ring (bicyclic) bond motifs is 2. The van der Waals surface area contributed by atoms with Crippen molar-refractivity contribution in [2.75, 3.05) is 0 Å². The Morgan fingerprint density at radius 3 is 2.67 bits per heavy atom. The molecular formula is C24H16ClFN2O4S. The van der Waals surface area contributed by atoms with Crippen LogP contribution in [-0.4, -0.2) is 29.0 Å². The van der Waals surface area contributed by atoms with Gasteiger partial charge in [0.25, 0.3) is 0 Å². The fraction of sp³-hybridized carbons (Fsp3) is 0.0833. The average molecular weight is 483 g/mol. The number of sulfone groups is 1. The summed E-state index contributed by atoms with van der Waals surface area (Å²) in [6.07, 6.45) is 3.05. The zero-order valence-electron chi connectivity index (χ0n) is 17.2. The van der Waals surface area contributed by atoms with Crippen molar-refractivity contribution >= 4 is 43.9 Å². The lowest BCUT2D eigenvalue weighted by molar-refractivity contribution is -0.137. The van der Waals surface area contributed by atoms with Crippen LogP contribution in [0.2, 0.25) is 5.02 Å². The van der Waals surface area contributed by atoms with E-state index in [0.717, 1.165) is 5.41 Å². The smallest absolute Gasteiger partial charge is 0.323 e. The van der Waals surface area contributed by atoms with Crippen LogP contribution >= 0.6 is 11.6 Å². The largest absolute Gasteiger partial charge is 0.480 e. The summed E-state index contributed by atoms with van der Waals surface area (Å²) in [5.74, 6) is -1.56. The lowest BCUT2D eigenvalue weighted by atomic mass is 9.95. The third kappa shape index (κ3) is 3.42. The minimum Gasteiger partial charge on any atom is -0.480 e. The molecule has 166 valence electrons. The van der Waals surface area contributed by atoms with Crippen LogP contribution in [0.5, 0.6) is 0 Å². The third-order valence-electron chi connectivity index (χ3n) is 5.78. The highest BCUT2D eigenvalue weighted by atomic mass is 35.5. The second-order valence-electron chi connectivity index (χ2n) is 7.74. The first-order valence-corrected chi connectivity index (χ1v) is 11.8. The topological polar surface area (TPSA) is 89.3 Å². The number of benzene rings is 2. The average Bonchev–Trinajstić information content (AvgIpc) is 3.17. The molecule has 3 heterocycles. The molecule has 2 aromatic carbocycles. The Balaban J connectivity index is 1.75.